The molecule has 0 fully saturated rings. The second kappa shape index (κ2) is 6.57. The van der Waals surface area contributed by atoms with E-state index in [4.69, 9.17) is 16.3 Å². The highest BCUT2D eigenvalue weighted by Crippen LogP contribution is 2.63. The summed E-state index contributed by atoms with van der Waals surface area (Å²) in [4.78, 5) is 24.2. The number of hydrogen-bond acceptors (Lipinski definition) is 5. The molecule has 0 saturated heterocycles. The lowest BCUT2D eigenvalue weighted by molar-refractivity contribution is -0.162. The molecule has 29 heavy (non-hydrogen) atoms. The van der Waals surface area contributed by atoms with Gasteiger partial charge in [0.05, 0.1) is 0 Å². The van der Waals surface area contributed by atoms with E-state index in [0.717, 1.165) is 27.5 Å². The number of rotatable bonds is 3. The van der Waals surface area contributed by atoms with Crippen LogP contribution in [0.5, 0.6) is 5.75 Å². The number of ketones is 1. The first-order valence-electron chi connectivity index (χ1n) is 9.65. The number of phenolic OH excluding ortho intramolecular Hbond substituents is 1. The van der Waals surface area contributed by atoms with Crippen molar-refractivity contribution in [1.82, 2.24) is 0 Å². The van der Waals surface area contributed by atoms with Gasteiger partial charge in [0.25, 0.3) is 0 Å². The van der Waals surface area contributed by atoms with Gasteiger partial charge >= 0.3 is 5.97 Å². The highest BCUT2D eigenvalue weighted by Gasteiger charge is 2.64. The summed E-state index contributed by atoms with van der Waals surface area (Å²) in [5.74, 6) is -1.52. The molecule has 2 aromatic carbocycles. The molecule has 2 aromatic rings. The average Bonchev–Trinajstić information content (AvgIpc) is 2.84. The maximum absolute atomic E-state index is 13.0. The van der Waals surface area contributed by atoms with Crippen molar-refractivity contribution in [3.05, 3.63) is 46.5 Å². The van der Waals surface area contributed by atoms with Crippen molar-refractivity contribution < 1.29 is 24.5 Å². The van der Waals surface area contributed by atoms with Crippen molar-refractivity contribution in [3.63, 3.8) is 0 Å². The second-order valence-electron chi connectivity index (χ2n) is 8.24. The fourth-order valence-corrected chi connectivity index (χ4v) is 5.63. The van der Waals surface area contributed by atoms with Crippen LogP contribution in [0, 0.1) is 11.3 Å². The Balaban J connectivity index is 1.86. The molecule has 0 aromatic heterocycles. The quantitative estimate of drug-likeness (QED) is 0.742. The number of hydrogen-bond donors (Lipinski definition) is 2. The number of Topliss-reactive ketones (excluding diaryl/α,β-unsaturated/α-hetero) is 1. The third-order valence-electron chi connectivity index (χ3n) is 6.73. The van der Waals surface area contributed by atoms with Crippen molar-refractivity contribution in [2.75, 3.05) is 6.61 Å². The van der Waals surface area contributed by atoms with Gasteiger partial charge in [0.1, 0.15) is 11.4 Å². The summed E-state index contributed by atoms with van der Waals surface area (Å²) in [6, 6.07) is 9.12. The molecule has 6 heteroatoms. The van der Waals surface area contributed by atoms with Crippen molar-refractivity contribution in [1.29, 1.82) is 0 Å². The van der Waals surface area contributed by atoms with Gasteiger partial charge in [0.2, 0.25) is 5.78 Å². The molecule has 0 amide bonds. The Morgan fingerprint density at radius 2 is 2.00 bits per heavy atom. The van der Waals surface area contributed by atoms with E-state index in [0.29, 0.717) is 17.9 Å². The Kier molecular flexibility index (Phi) is 4.52. The SMILES string of the molecule is CC(=O)OCC(=O)[C@@]1(O)[C@@H](C)C(Cl)=C2c3ccc4cc(O)ccc4c3CC[C@@]21C. The summed E-state index contributed by atoms with van der Waals surface area (Å²) in [6.07, 6.45) is 1.18. The van der Waals surface area contributed by atoms with E-state index >= 15 is 0 Å². The first-order valence-corrected chi connectivity index (χ1v) is 10.0. The summed E-state index contributed by atoms with van der Waals surface area (Å²) < 4.78 is 4.89. The summed E-state index contributed by atoms with van der Waals surface area (Å²) >= 11 is 6.74. The zero-order valence-electron chi connectivity index (χ0n) is 16.6. The molecule has 0 bridgehead atoms. The summed E-state index contributed by atoms with van der Waals surface area (Å²) in [5, 5.41) is 23.8. The largest absolute Gasteiger partial charge is 0.508 e. The van der Waals surface area contributed by atoms with Gasteiger partial charge in [-0.15, -0.1) is 0 Å². The number of aromatic hydroxyl groups is 1. The zero-order valence-corrected chi connectivity index (χ0v) is 17.3. The molecular weight excluding hydrogens is 392 g/mol. The van der Waals surface area contributed by atoms with Crippen molar-refractivity contribution in [2.45, 2.75) is 39.2 Å². The number of fused-ring (bicyclic) bond motifs is 5. The predicted molar refractivity (Wildman–Crippen MR) is 111 cm³/mol. The van der Waals surface area contributed by atoms with Gasteiger partial charge in [-0.05, 0) is 52.4 Å². The number of aryl methyl sites for hydroxylation is 1. The van der Waals surface area contributed by atoms with E-state index in [-0.39, 0.29) is 5.75 Å². The Morgan fingerprint density at radius 3 is 2.69 bits per heavy atom. The lowest BCUT2D eigenvalue weighted by Crippen LogP contribution is -2.56. The van der Waals surface area contributed by atoms with Crippen LogP contribution >= 0.6 is 11.6 Å². The van der Waals surface area contributed by atoms with E-state index in [1.807, 2.05) is 25.1 Å². The van der Waals surface area contributed by atoms with Crippen LogP contribution in [-0.2, 0) is 20.7 Å². The van der Waals surface area contributed by atoms with Gasteiger partial charge in [-0.25, -0.2) is 0 Å². The smallest absolute Gasteiger partial charge is 0.303 e. The summed E-state index contributed by atoms with van der Waals surface area (Å²) in [7, 11) is 0. The number of carbonyl (C=O) groups excluding carboxylic acids is 2. The third-order valence-corrected chi connectivity index (χ3v) is 7.25. The highest BCUT2D eigenvalue weighted by molar-refractivity contribution is 6.34. The van der Waals surface area contributed by atoms with Crippen molar-refractivity contribution in [3.8, 4) is 5.75 Å². The van der Waals surface area contributed by atoms with Crippen LogP contribution in [-0.4, -0.2) is 34.2 Å². The minimum Gasteiger partial charge on any atom is -0.508 e. The number of benzene rings is 2. The Morgan fingerprint density at radius 1 is 1.28 bits per heavy atom. The number of halogens is 1. The van der Waals surface area contributed by atoms with Crippen molar-refractivity contribution in [2.24, 2.45) is 11.3 Å². The van der Waals surface area contributed by atoms with Crippen molar-refractivity contribution >= 4 is 39.7 Å². The second-order valence-corrected chi connectivity index (χ2v) is 8.65. The third kappa shape index (κ3) is 2.64. The van der Waals surface area contributed by atoms with Gasteiger partial charge in [-0.1, -0.05) is 43.6 Å². The number of aliphatic hydroxyl groups is 1. The van der Waals surface area contributed by atoms with E-state index < -0.39 is 35.3 Å². The number of esters is 1. The number of ether oxygens (including phenoxy) is 1. The van der Waals surface area contributed by atoms with Crippen LogP contribution in [0.15, 0.2) is 35.4 Å². The highest BCUT2D eigenvalue weighted by atomic mass is 35.5. The Labute approximate surface area is 173 Å². The maximum atomic E-state index is 13.0. The molecule has 5 nitrogen and oxygen atoms in total. The lowest BCUT2D eigenvalue weighted by atomic mass is 9.60. The van der Waals surface area contributed by atoms with Gasteiger partial charge < -0.3 is 14.9 Å². The first-order chi connectivity index (χ1) is 13.6. The molecule has 0 unspecified atom stereocenters. The van der Waals surface area contributed by atoms with Gasteiger partial charge in [-0.2, -0.15) is 0 Å². The minimum absolute atomic E-state index is 0.204. The molecule has 3 atom stereocenters. The summed E-state index contributed by atoms with van der Waals surface area (Å²) in [5.41, 5.74) is 0.151. The molecule has 2 aliphatic rings. The molecule has 2 N–H and O–H groups in total. The van der Waals surface area contributed by atoms with E-state index in [9.17, 15) is 19.8 Å². The minimum atomic E-state index is -1.75. The van der Waals surface area contributed by atoms with Crippen LogP contribution in [0.3, 0.4) is 0 Å². The Hall–Kier alpha value is -2.37. The fourth-order valence-electron chi connectivity index (χ4n) is 5.16. The standard InChI is InChI=1S/C23H23ClO5/c1-12-21(24)20-18-6-4-14-10-15(26)5-7-16(14)17(18)8-9-22(20,3)23(12,28)19(27)11-29-13(2)25/h4-7,10,12,26,28H,8-9,11H2,1-3H3/t12-,22-,23-/m0/s1. The topological polar surface area (TPSA) is 83.8 Å². The molecule has 0 heterocycles. The van der Waals surface area contributed by atoms with E-state index in [2.05, 4.69) is 0 Å². The number of phenols is 1. The maximum Gasteiger partial charge on any atom is 0.303 e. The molecule has 0 aliphatic heterocycles. The van der Waals surface area contributed by atoms with Gasteiger partial charge in [-0.3, -0.25) is 9.59 Å². The lowest BCUT2D eigenvalue weighted by Gasteiger charge is -2.45. The fraction of sp³-hybridized carbons (Fsp3) is 0.391. The zero-order chi connectivity index (χ0) is 21.1. The monoisotopic (exact) mass is 414 g/mol. The average molecular weight is 415 g/mol. The first kappa shape index (κ1) is 19.9. The molecule has 152 valence electrons. The Bertz CT molecular complexity index is 1090. The molecule has 2 aliphatic carbocycles. The van der Waals surface area contributed by atoms with Crippen LogP contribution in [0.2, 0.25) is 0 Å². The van der Waals surface area contributed by atoms with Crippen LogP contribution < -0.4 is 0 Å². The van der Waals surface area contributed by atoms with Crippen LogP contribution in [0.1, 0.15) is 38.3 Å². The number of carbonyl (C=O) groups is 2. The molecule has 0 spiro atoms. The van der Waals surface area contributed by atoms with Crippen LogP contribution in [0.4, 0.5) is 0 Å². The molecular formula is C23H23ClO5. The molecule has 0 saturated carbocycles. The molecule has 0 radical (unpaired) electrons. The van der Waals surface area contributed by atoms with Gasteiger partial charge in [0.15, 0.2) is 6.61 Å². The predicted octanol–water partition coefficient (Wildman–Crippen LogP) is 3.96. The summed E-state index contributed by atoms with van der Waals surface area (Å²) in [6.45, 7) is 4.35. The van der Waals surface area contributed by atoms with E-state index in [1.54, 1.807) is 19.1 Å². The van der Waals surface area contributed by atoms with Gasteiger partial charge in [0, 0.05) is 23.3 Å². The van der Waals surface area contributed by atoms with Crippen LogP contribution in [0.25, 0.3) is 16.3 Å². The van der Waals surface area contributed by atoms with E-state index in [1.165, 1.54) is 6.92 Å². The molecule has 4 rings (SSSR count). The normalized spacial score (nSPS) is 28.2.